The zero-order valence-corrected chi connectivity index (χ0v) is 14.2. The van der Waals surface area contributed by atoms with E-state index in [0.29, 0.717) is 17.2 Å². The van der Waals surface area contributed by atoms with Gasteiger partial charge >= 0.3 is 5.97 Å². The van der Waals surface area contributed by atoms with Crippen molar-refractivity contribution in [1.82, 2.24) is 20.4 Å². The Labute approximate surface area is 137 Å². The maximum Gasteiger partial charge on any atom is 0.337 e. The van der Waals surface area contributed by atoms with Gasteiger partial charge in [-0.25, -0.2) is 4.79 Å². The molecule has 0 unspecified atom stereocenters. The predicted molar refractivity (Wildman–Crippen MR) is 89.6 cm³/mol. The fourth-order valence-electron chi connectivity index (χ4n) is 2.37. The van der Waals surface area contributed by atoms with Crippen molar-refractivity contribution in [1.29, 1.82) is 0 Å². The van der Waals surface area contributed by atoms with E-state index in [1.165, 1.54) is 0 Å². The van der Waals surface area contributed by atoms with Crippen LogP contribution in [0.3, 0.4) is 0 Å². The summed E-state index contributed by atoms with van der Waals surface area (Å²) in [4.78, 5) is 14.3. The van der Waals surface area contributed by atoms with Gasteiger partial charge in [-0.3, -0.25) is 4.68 Å². The second-order valence-electron chi connectivity index (χ2n) is 5.13. The third-order valence-corrected chi connectivity index (χ3v) is 4.94. The minimum atomic E-state index is -0.327. The van der Waals surface area contributed by atoms with Gasteiger partial charge in [0.2, 0.25) is 0 Å². The summed E-state index contributed by atoms with van der Waals surface area (Å²) in [5.74, 6) is -0.327. The maximum atomic E-state index is 12.2. The summed E-state index contributed by atoms with van der Waals surface area (Å²) in [5.41, 5.74) is 2.30. The van der Waals surface area contributed by atoms with E-state index < -0.39 is 0 Å². The van der Waals surface area contributed by atoms with Crippen LogP contribution in [0.4, 0.5) is 0 Å². The third-order valence-electron chi connectivity index (χ3n) is 3.52. The van der Waals surface area contributed by atoms with Gasteiger partial charge in [0, 0.05) is 23.0 Å². The van der Waals surface area contributed by atoms with Crippen LogP contribution in [-0.2, 0) is 23.2 Å². The Balaban J connectivity index is 1.71. The van der Waals surface area contributed by atoms with Gasteiger partial charge in [-0.2, -0.15) is 5.10 Å². The summed E-state index contributed by atoms with van der Waals surface area (Å²) < 4.78 is 7.26. The number of hydrogen-bond acceptors (Lipinski definition) is 5. The number of nitrogens with zero attached hydrogens (tertiary/aromatic N) is 2. The number of fused-ring (bicyclic) bond motifs is 1. The lowest BCUT2D eigenvalue weighted by Crippen LogP contribution is -2.42. The molecule has 3 heterocycles. The highest BCUT2D eigenvalue weighted by atomic mass is 32.1. The summed E-state index contributed by atoms with van der Waals surface area (Å²) >= 11 is 6.59. The lowest BCUT2D eigenvalue weighted by atomic mass is 10.2. The van der Waals surface area contributed by atoms with E-state index in [-0.39, 0.29) is 12.6 Å². The molecule has 2 N–H and O–H groups in total. The Morgan fingerprint density at radius 2 is 2.32 bits per heavy atom. The Morgan fingerprint density at radius 1 is 1.55 bits per heavy atom. The van der Waals surface area contributed by atoms with E-state index in [0.717, 1.165) is 26.5 Å². The van der Waals surface area contributed by atoms with Gasteiger partial charge in [0.15, 0.2) is 5.11 Å². The van der Waals surface area contributed by atoms with E-state index in [4.69, 9.17) is 17.0 Å². The van der Waals surface area contributed by atoms with Gasteiger partial charge in [-0.15, -0.1) is 11.3 Å². The number of thiophene rings is 1. The molecule has 1 aliphatic heterocycles. The van der Waals surface area contributed by atoms with Gasteiger partial charge in [0.25, 0.3) is 0 Å². The smallest absolute Gasteiger partial charge is 0.337 e. The number of allylic oxidation sites excluding steroid dienone is 1. The molecule has 0 saturated carbocycles. The standard InChI is InChI=1S/C14H16N4O2S2/c1-7-11(5-15-14(21)16-7)13(19)20-6-9-4-10-8(2)17-18(3)12(10)22-9/h4H,5-6H2,1-3H3,(H2,15,16,21). The monoisotopic (exact) mass is 336 g/mol. The molecule has 0 fully saturated rings. The van der Waals surface area contributed by atoms with Crippen LogP contribution in [0, 0.1) is 6.92 Å². The minimum Gasteiger partial charge on any atom is -0.457 e. The van der Waals surface area contributed by atoms with Gasteiger partial charge in [-0.05, 0) is 32.1 Å². The van der Waals surface area contributed by atoms with Gasteiger partial charge in [-0.1, -0.05) is 0 Å². The molecular formula is C14H16N4O2S2. The van der Waals surface area contributed by atoms with Crippen LogP contribution in [-0.4, -0.2) is 27.4 Å². The Kier molecular flexibility index (Phi) is 3.88. The van der Waals surface area contributed by atoms with Crippen LogP contribution in [0.1, 0.15) is 17.5 Å². The first-order valence-electron chi connectivity index (χ1n) is 6.79. The molecule has 2 aromatic heterocycles. The van der Waals surface area contributed by atoms with Crippen molar-refractivity contribution in [3.63, 3.8) is 0 Å². The number of carbonyl (C=O) groups excluding carboxylic acids is 1. The van der Waals surface area contributed by atoms with Crippen LogP contribution in [0.25, 0.3) is 10.2 Å². The molecule has 0 spiro atoms. The van der Waals surface area contributed by atoms with Crippen LogP contribution >= 0.6 is 23.6 Å². The van der Waals surface area contributed by atoms with Crippen molar-refractivity contribution in [2.75, 3.05) is 6.54 Å². The first kappa shape index (κ1) is 15.0. The number of hydrogen-bond donors (Lipinski definition) is 2. The Hall–Kier alpha value is -1.93. The average Bonchev–Trinajstić information content (AvgIpc) is 2.98. The highest BCUT2D eigenvalue weighted by Gasteiger charge is 2.20. The number of rotatable bonds is 3. The first-order chi connectivity index (χ1) is 10.5. The predicted octanol–water partition coefficient (Wildman–Crippen LogP) is 1.74. The zero-order chi connectivity index (χ0) is 15.9. The molecule has 0 aliphatic carbocycles. The van der Waals surface area contributed by atoms with Crippen LogP contribution in [0.15, 0.2) is 17.3 Å². The second-order valence-corrected chi connectivity index (χ2v) is 6.65. The number of aryl methyl sites for hydroxylation is 2. The summed E-state index contributed by atoms with van der Waals surface area (Å²) in [7, 11) is 1.91. The molecule has 0 atom stereocenters. The molecule has 3 rings (SSSR count). The number of esters is 1. The van der Waals surface area contributed by atoms with Crippen molar-refractivity contribution in [3.8, 4) is 0 Å². The summed E-state index contributed by atoms with van der Waals surface area (Å²) in [6, 6.07) is 2.03. The lowest BCUT2D eigenvalue weighted by molar-refractivity contribution is -0.140. The molecule has 6 nitrogen and oxygen atoms in total. The molecule has 22 heavy (non-hydrogen) atoms. The molecular weight excluding hydrogens is 320 g/mol. The summed E-state index contributed by atoms with van der Waals surface area (Å²) in [6.07, 6.45) is 0. The van der Waals surface area contributed by atoms with Crippen LogP contribution in [0.2, 0.25) is 0 Å². The lowest BCUT2D eigenvalue weighted by Gasteiger charge is -2.20. The van der Waals surface area contributed by atoms with Crippen LogP contribution in [0.5, 0.6) is 0 Å². The van der Waals surface area contributed by atoms with Gasteiger partial charge in [0.05, 0.1) is 17.8 Å². The number of carbonyl (C=O) groups is 1. The minimum absolute atomic E-state index is 0.263. The average molecular weight is 336 g/mol. The molecule has 0 amide bonds. The van der Waals surface area contributed by atoms with Crippen molar-refractivity contribution >= 4 is 44.9 Å². The Bertz CT molecular complexity index is 769. The molecule has 0 bridgehead atoms. The SMILES string of the molecule is CC1=C(C(=O)OCc2cc3c(C)nn(C)c3s2)CNC(=S)N1. The topological polar surface area (TPSA) is 68.2 Å². The van der Waals surface area contributed by atoms with E-state index in [1.54, 1.807) is 11.3 Å². The van der Waals surface area contributed by atoms with E-state index in [2.05, 4.69) is 15.7 Å². The largest absolute Gasteiger partial charge is 0.457 e. The third kappa shape index (κ3) is 2.71. The molecule has 2 aromatic rings. The highest BCUT2D eigenvalue weighted by Crippen LogP contribution is 2.28. The number of thiocarbonyl (C=S) groups is 1. The highest BCUT2D eigenvalue weighted by molar-refractivity contribution is 7.80. The molecule has 0 saturated heterocycles. The number of aromatic nitrogens is 2. The number of ether oxygens (including phenoxy) is 1. The maximum absolute atomic E-state index is 12.2. The first-order valence-corrected chi connectivity index (χ1v) is 8.02. The van der Waals surface area contributed by atoms with Gasteiger partial charge in [0.1, 0.15) is 11.4 Å². The van der Waals surface area contributed by atoms with Crippen molar-refractivity contribution < 1.29 is 9.53 Å². The van der Waals surface area contributed by atoms with Crippen LogP contribution < -0.4 is 10.6 Å². The van der Waals surface area contributed by atoms with E-state index >= 15 is 0 Å². The second kappa shape index (κ2) is 5.69. The van der Waals surface area contributed by atoms with E-state index in [9.17, 15) is 4.79 Å². The normalized spacial score (nSPS) is 15.0. The molecule has 0 aromatic carbocycles. The number of nitrogens with one attached hydrogen (secondary N) is 2. The van der Waals surface area contributed by atoms with Gasteiger partial charge < -0.3 is 15.4 Å². The van der Waals surface area contributed by atoms with Crippen molar-refractivity contribution in [2.24, 2.45) is 7.05 Å². The van der Waals surface area contributed by atoms with Crippen molar-refractivity contribution in [2.45, 2.75) is 20.5 Å². The summed E-state index contributed by atoms with van der Waals surface area (Å²) in [5, 5.41) is 11.9. The Morgan fingerprint density at radius 3 is 3.00 bits per heavy atom. The fraction of sp³-hybridized carbons (Fsp3) is 0.357. The van der Waals surface area contributed by atoms with Crippen molar-refractivity contribution in [3.05, 3.63) is 27.9 Å². The fourth-order valence-corrected chi connectivity index (χ4v) is 3.62. The molecule has 1 aliphatic rings. The zero-order valence-electron chi connectivity index (χ0n) is 12.5. The summed E-state index contributed by atoms with van der Waals surface area (Å²) in [6.45, 7) is 4.45. The molecule has 0 radical (unpaired) electrons. The molecule has 8 heteroatoms. The quantitative estimate of drug-likeness (QED) is 0.657. The van der Waals surface area contributed by atoms with E-state index in [1.807, 2.05) is 31.6 Å². The molecule has 116 valence electrons.